The molecule has 1 saturated heterocycles. The van der Waals surface area contributed by atoms with Gasteiger partial charge in [0, 0.05) is 15.8 Å². The van der Waals surface area contributed by atoms with Gasteiger partial charge < -0.3 is 5.32 Å². The molecule has 1 aromatic heterocycles. The first kappa shape index (κ1) is 30.7. The third kappa shape index (κ3) is 5.32. The normalized spacial score (nSPS) is 19.6. The topological polar surface area (TPSA) is 88.5 Å². The van der Waals surface area contributed by atoms with Crippen molar-refractivity contribution in [3.8, 4) is 0 Å². The van der Waals surface area contributed by atoms with Gasteiger partial charge in [-0.05, 0) is 48.0 Å². The van der Waals surface area contributed by atoms with Crippen molar-refractivity contribution < 1.29 is 27.6 Å². The van der Waals surface area contributed by atoms with Crippen molar-refractivity contribution in [2.45, 2.75) is 28.9 Å². The second kappa shape index (κ2) is 11.6. The summed E-state index contributed by atoms with van der Waals surface area (Å²) in [6.45, 7) is -0.639. The molecule has 0 spiro atoms. The van der Waals surface area contributed by atoms with Gasteiger partial charge in [-0.25, -0.2) is 4.90 Å². The van der Waals surface area contributed by atoms with Gasteiger partial charge in [0.2, 0.25) is 17.7 Å². The van der Waals surface area contributed by atoms with Gasteiger partial charge in [-0.15, -0.1) is 0 Å². The fourth-order valence-corrected chi connectivity index (χ4v) is 8.68. The molecule has 6 rings (SSSR count). The number of halogens is 6. The van der Waals surface area contributed by atoms with Gasteiger partial charge in [-0.1, -0.05) is 82.2 Å². The Morgan fingerprint density at radius 1 is 0.909 bits per heavy atom. The van der Waals surface area contributed by atoms with E-state index in [2.05, 4.69) is 5.32 Å². The average molecular weight is 699 g/mol. The highest BCUT2D eigenvalue weighted by Gasteiger charge is 2.57. The molecule has 3 amide bonds. The van der Waals surface area contributed by atoms with Crippen LogP contribution in [-0.2, 0) is 27.1 Å². The number of carbonyl (C=O) groups is 3. The van der Waals surface area contributed by atoms with E-state index in [9.17, 15) is 32.3 Å². The Kier molecular flexibility index (Phi) is 8.08. The zero-order valence-electron chi connectivity index (χ0n) is 21.9. The van der Waals surface area contributed by atoms with Gasteiger partial charge in [0.15, 0.2) is 0 Å². The van der Waals surface area contributed by atoms with E-state index < -0.39 is 63.7 Å². The molecule has 2 aliphatic heterocycles. The monoisotopic (exact) mass is 697 g/mol. The molecule has 0 saturated carbocycles. The zero-order chi connectivity index (χ0) is 31.5. The number of para-hydroxylation sites is 1. The number of hydrogen-bond acceptors (Lipinski definition) is 6. The molecule has 1 fully saturated rings. The summed E-state index contributed by atoms with van der Waals surface area (Å²) < 4.78 is 41.6. The predicted molar refractivity (Wildman–Crippen MR) is 164 cm³/mol. The minimum Gasteiger partial charge on any atom is -0.324 e. The zero-order valence-corrected chi connectivity index (χ0v) is 25.8. The van der Waals surface area contributed by atoms with Crippen molar-refractivity contribution >= 4 is 87.0 Å². The Morgan fingerprint density at radius 2 is 1.61 bits per heavy atom. The van der Waals surface area contributed by atoms with Crippen molar-refractivity contribution in [1.29, 1.82) is 0 Å². The Morgan fingerprint density at radius 3 is 2.32 bits per heavy atom. The van der Waals surface area contributed by atoms with E-state index in [4.69, 9.17) is 34.8 Å². The highest BCUT2D eigenvalue weighted by molar-refractivity contribution is 8.00. The maximum atomic E-state index is 14.0. The highest BCUT2D eigenvalue weighted by atomic mass is 35.5. The number of thioether (sulfide) groups is 1. The van der Waals surface area contributed by atoms with Crippen LogP contribution in [0.4, 0.5) is 24.5 Å². The molecule has 15 heteroatoms. The van der Waals surface area contributed by atoms with Crippen LogP contribution in [0.5, 0.6) is 0 Å². The van der Waals surface area contributed by atoms with E-state index in [1.165, 1.54) is 24.3 Å². The van der Waals surface area contributed by atoms with Crippen LogP contribution >= 0.6 is 57.9 Å². The van der Waals surface area contributed by atoms with E-state index in [0.29, 0.717) is 21.2 Å². The molecule has 1 N–H and O–H groups in total. The number of alkyl halides is 3. The molecule has 4 aromatic rings. The third-order valence-electron chi connectivity index (χ3n) is 7.26. The van der Waals surface area contributed by atoms with Crippen molar-refractivity contribution in [1.82, 2.24) is 4.57 Å². The molecule has 44 heavy (non-hydrogen) atoms. The number of thiazole rings is 1. The quantitative estimate of drug-likeness (QED) is 0.221. The molecular formula is C29H17Cl3F3N3O4S2. The molecule has 2 unspecified atom stereocenters. The fourth-order valence-electron chi connectivity index (χ4n) is 5.37. The van der Waals surface area contributed by atoms with Gasteiger partial charge in [0.25, 0.3) is 0 Å². The van der Waals surface area contributed by atoms with Gasteiger partial charge in [0.1, 0.15) is 11.8 Å². The lowest BCUT2D eigenvalue weighted by Crippen LogP contribution is -2.33. The van der Waals surface area contributed by atoms with E-state index in [-0.39, 0.29) is 15.1 Å². The van der Waals surface area contributed by atoms with Gasteiger partial charge in [0.05, 0.1) is 37.9 Å². The predicted octanol–water partition coefficient (Wildman–Crippen LogP) is 7.32. The molecule has 0 radical (unpaired) electrons. The number of aromatic nitrogens is 1. The van der Waals surface area contributed by atoms with Crippen molar-refractivity contribution in [3.05, 3.63) is 107 Å². The summed E-state index contributed by atoms with van der Waals surface area (Å²) in [5.41, 5.74) is -0.794. The highest BCUT2D eigenvalue weighted by Crippen LogP contribution is 2.55. The average Bonchev–Trinajstić information content (AvgIpc) is 3.41. The molecule has 3 aromatic carbocycles. The number of fused-ring (bicyclic) bond motifs is 2. The number of carbonyl (C=O) groups excluding carboxylic acids is 3. The van der Waals surface area contributed by atoms with E-state index in [1.807, 2.05) is 0 Å². The maximum Gasteiger partial charge on any atom is 0.418 e. The molecule has 7 nitrogen and oxygen atoms in total. The summed E-state index contributed by atoms with van der Waals surface area (Å²) in [5.74, 6) is -3.82. The molecule has 3 atom stereocenters. The third-order valence-corrected chi connectivity index (χ3v) is 10.9. The van der Waals surface area contributed by atoms with Crippen LogP contribution in [0, 0.1) is 5.92 Å². The lowest BCUT2D eigenvalue weighted by molar-refractivity contribution is -0.137. The summed E-state index contributed by atoms with van der Waals surface area (Å²) in [5, 5.41) is 2.20. The van der Waals surface area contributed by atoms with Crippen LogP contribution < -0.4 is 15.1 Å². The van der Waals surface area contributed by atoms with Gasteiger partial charge in [-0.2, -0.15) is 13.2 Å². The van der Waals surface area contributed by atoms with Gasteiger partial charge in [-0.3, -0.25) is 23.7 Å². The number of nitrogens with zero attached hydrogens (tertiary/aromatic N) is 2. The van der Waals surface area contributed by atoms with Crippen molar-refractivity contribution in [2.75, 3.05) is 10.2 Å². The van der Waals surface area contributed by atoms with Crippen LogP contribution in [-0.4, -0.2) is 27.5 Å². The lowest BCUT2D eigenvalue weighted by Gasteiger charge is -2.31. The Labute approximate surface area is 270 Å². The number of benzene rings is 3. The molecule has 2 aliphatic rings. The maximum absolute atomic E-state index is 14.0. The summed E-state index contributed by atoms with van der Waals surface area (Å²) in [6, 6.07) is 15.5. The molecule has 0 aliphatic carbocycles. The van der Waals surface area contributed by atoms with E-state index in [1.54, 1.807) is 30.3 Å². The minimum absolute atomic E-state index is 0.134. The van der Waals surface area contributed by atoms with Crippen LogP contribution in [0.25, 0.3) is 0 Å². The van der Waals surface area contributed by atoms with E-state index >= 15 is 0 Å². The minimum atomic E-state index is -4.72. The number of nitrogens with one attached hydrogen (secondary N) is 1. The summed E-state index contributed by atoms with van der Waals surface area (Å²) in [7, 11) is 0. The summed E-state index contributed by atoms with van der Waals surface area (Å²) in [6.07, 6.45) is -4.72. The van der Waals surface area contributed by atoms with Gasteiger partial charge >= 0.3 is 11.0 Å². The summed E-state index contributed by atoms with van der Waals surface area (Å²) >= 11 is 20.7. The van der Waals surface area contributed by atoms with Crippen LogP contribution in [0.15, 0.2) is 76.6 Å². The first-order chi connectivity index (χ1) is 20.9. The summed E-state index contributed by atoms with van der Waals surface area (Å²) in [4.78, 5) is 55.0. The van der Waals surface area contributed by atoms with Crippen LogP contribution in [0.2, 0.25) is 15.1 Å². The number of hydrogen-bond donors (Lipinski definition) is 1. The van der Waals surface area contributed by atoms with Crippen LogP contribution in [0.3, 0.4) is 0 Å². The lowest BCUT2D eigenvalue weighted by atomic mass is 9.83. The van der Waals surface area contributed by atoms with Crippen molar-refractivity contribution in [3.63, 3.8) is 0 Å². The smallest absolute Gasteiger partial charge is 0.324 e. The number of rotatable bonds is 5. The Hall–Kier alpha value is -3.29. The van der Waals surface area contributed by atoms with Crippen LogP contribution in [0.1, 0.15) is 21.9 Å². The fraction of sp³-hybridized carbons (Fsp3) is 0.172. The Balaban J connectivity index is 1.42. The standard InChI is InChI=1S/C29H17Cl3F3N3O4S2/c30-13-8-10-14(11-9-13)38-25(40)21-20(15-4-3-6-17(31)22(15)32)24-27(43-23(21)26(38)41)37(28(42)44-24)12-19(39)36-18-7-2-1-5-16(18)29(33,34)35/h1-11,20-21,23H,12H2,(H,36,39)/t20-,21?,23?/m1/s1. The number of anilines is 2. The first-order valence-electron chi connectivity index (χ1n) is 12.8. The number of imide groups is 1. The second-order valence-corrected chi connectivity index (χ2v) is 13.2. The molecular weight excluding hydrogens is 682 g/mol. The number of amides is 3. The SMILES string of the molecule is O=C(Cn1c2c(sc1=O)[C@H](c1cccc(Cl)c1Cl)C1C(=O)N(c3ccc(Cl)cc3)C(=O)C1S2)Nc1ccccc1C(F)(F)F. The van der Waals surface area contributed by atoms with Crippen molar-refractivity contribution in [2.24, 2.45) is 5.92 Å². The molecule has 3 heterocycles. The molecule has 0 bridgehead atoms. The van der Waals surface area contributed by atoms with E-state index in [0.717, 1.165) is 44.7 Å². The molecule has 226 valence electrons. The first-order valence-corrected chi connectivity index (χ1v) is 15.6. The second-order valence-electron chi connectivity index (χ2n) is 9.89. The largest absolute Gasteiger partial charge is 0.418 e. The Bertz CT molecular complexity index is 1900.